The Kier molecular flexibility index (Phi) is 3.59. The molecule has 1 aromatic rings. The fourth-order valence-corrected chi connectivity index (χ4v) is 2.14. The highest BCUT2D eigenvalue weighted by molar-refractivity contribution is 6.32. The molecule has 17 heavy (non-hydrogen) atoms. The average Bonchev–Trinajstić information content (AvgIpc) is 2.28. The molecule has 2 heterocycles. The first-order valence-corrected chi connectivity index (χ1v) is 5.85. The number of morpholine rings is 1. The van der Waals surface area contributed by atoms with Gasteiger partial charge in [-0.25, -0.2) is 9.97 Å². The maximum atomic E-state index is 11.1. The lowest BCUT2D eigenvalue weighted by molar-refractivity contribution is 0.0528. The molecule has 0 saturated carbocycles. The molecule has 1 aromatic heterocycles. The number of aromatic nitrogens is 2. The molecule has 6 heteroatoms. The van der Waals surface area contributed by atoms with Crippen LogP contribution in [0.15, 0.2) is 0 Å². The molecule has 0 N–H and O–H groups in total. The normalized spacial score (nSPS) is 20.4. The quantitative estimate of drug-likeness (QED) is 0.592. The second-order valence-corrected chi connectivity index (χ2v) is 4.40. The van der Waals surface area contributed by atoms with Gasteiger partial charge in [-0.3, -0.25) is 4.79 Å². The standard InChI is InChI=1S/C11H14ClN3O2/c1-7-5-15(3-4-17-7)11-9(6-16)10(12)13-8(2)14-11/h6-7H,3-5H2,1-2H3. The monoisotopic (exact) mass is 255 g/mol. The van der Waals surface area contributed by atoms with Gasteiger partial charge in [0.15, 0.2) is 6.29 Å². The maximum absolute atomic E-state index is 11.1. The summed E-state index contributed by atoms with van der Waals surface area (Å²) in [6.07, 6.45) is 0.828. The summed E-state index contributed by atoms with van der Waals surface area (Å²) >= 11 is 5.95. The summed E-state index contributed by atoms with van der Waals surface area (Å²) in [4.78, 5) is 21.4. The van der Waals surface area contributed by atoms with Gasteiger partial charge < -0.3 is 9.64 Å². The third-order valence-corrected chi connectivity index (χ3v) is 2.94. The first kappa shape index (κ1) is 12.3. The van der Waals surface area contributed by atoms with Crippen LogP contribution in [0.3, 0.4) is 0 Å². The number of carbonyl (C=O) groups is 1. The van der Waals surface area contributed by atoms with Crippen molar-refractivity contribution in [2.45, 2.75) is 20.0 Å². The zero-order valence-corrected chi connectivity index (χ0v) is 10.6. The SMILES string of the molecule is Cc1nc(Cl)c(C=O)c(N2CCOC(C)C2)n1. The van der Waals surface area contributed by atoms with Crippen molar-refractivity contribution >= 4 is 23.7 Å². The van der Waals surface area contributed by atoms with Crippen LogP contribution < -0.4 is 4.90 Å². The van der Waals surface area contributed by atoms with Crippen LogP contribution >= 0.6 is 11.6 Å². The summed E-state index contributed by atoms with van der Waals surface area (Å²) in [6.45, 7) is 5.78. The van der Waals surface area contributed by atoms with Gasteiger partial charge in [0.2, 0.25) is 0 Å². The van der Waals surface area contributed by atoms with E-state index in [1.165, 1.54) is 0 Å². The smallest absolute Gasteiger partial charge is 0.156 e. The number of nitrogens with zero attached hydrogens (tertiary/aromatic N) is 3. The Morgan fingerprint density at radius 1 is 1.53 bits per heavy atom. The summed E-state index contributed by atoms with van der Waals surface area (Å²) in [5, 5.41) is 0.210. The zero-order valence-electron chi connectivity index (χ0n) is 9.81. The van der Waals surface area contributed by atoms with Gasteiger partial charge in [-0.1, -0.05) is 11.6 Å². The van der Waals surface area contributed by atoms with Crippen LogP contribution in [0.5, 0.6) is 0 Å². The molecule has 92 valence electrons. The first-order chi connectivity index (χ1) is 8.11. The van der Waals surface area contributed by atoms with Crippen LogP contribution in [0.4, 0.5) is 5.82 Å². The predicted octanol–water partition coefficient (Wildman–Crippen LogP) is 1.48. The van der Waals surface area contributed by atoms with Gasteiger partial charge in [0.1, 0.15) is 16.8 Å². The van der Waals surface area contributed by atoms with Crippen LogP contribution in [0.2, 0.25) is 5.15 Å². The number of hydrogen-bond donors (Lipinski definition) is 0. The predicted molar refractivity (Wildman–Crippen MR) is 64.8 cm³/mol. The van der Waals surface area contributed by atoms with Crippen molar-refractivity contribution in [3.63, 3.8) is 0 Å². The fraction of sp³-hybridized carbons (Fsp3) is 0.545. The van der Waals surface area contributed by atoms with Gasteiger partial charge >= 0.3 is 0 Å². The van der Waals surface area contributed by atoms with Crippen molar-refractivity contribution in [2.24, 2.45) is 0 Å². The molecule has 1 saturated heterocycles. The van der Waals surface area contributed by atoms with Crippen molar-refractivity contribution in [3.8, 4) is 0 Å². The van der Waals surface area contributed by atoms with Crippen molar-refractivity contribution < 1.29 is 9.53 Å². The summed E-state index contributed by atoms with van der Waals surface area (Å²) in [5.74, 6) is 1.17. The third kappa shape index (κ3) is 2.56. The van der Waals surface area contributed by atoms with Gasteiger partial charge in [-0.2, -0.15) is 0 Å². The second-order valence-electron chi connectivity index (χ2n) is 4.04. The number of carbonyl (C=O) groups excluding carboxylic acids is 1. The van der Waals surface area contributed by atoms with Crippen molar-refractivity contribution in [3.05, 3.63) is 16.5 Å². The van der Waals surface area contributed by atoms with Gasteiger partial charge in [-0.15, -0.1) is 0 Å². The third-order valence-electron chi connectivity index (χ3n) is 2.65. The number of hydrogen-bond acceptors (Lipinski definition) is 5. The Labute approximate surface area is 105 Å². The van der Waals surface area contributed by atoms with E-state index in [2.05, 4.69) is 9.97 Å². The van der Waals surface area contributed by atoms with Gasteiger partial charge in [0.25, 0.3) is 0 Å². The molecule has 1 unspecified atom stereocenters. The molecule has 0 aliphatic carbocycles. The van der Waals surface area contributed by atoms with E-state index in [0.717, 1.165) is 0 Å². The summed E-state index contributed by atoms with van der Waals surface area (Å²) in [7, 11) is 0. The summed E-state index contributed by atoms with van der Waals surface area (Å²) in [6, 6.07) is 0. The highest BCUT2D eigenvalue weighted by atomic mass is 35.5. The molecule has 2 rings (SSSR count). The minimum absolute atomic E-state index is 0.122. The number of halogens is 1. The maximum Gasteiger partial charge on any atom is 0.156 e. The van der Waals surface area contributed by atoms with Crippen molar-refractivity contribution in [2.75, 3.05) is 24.6 Å². The fourth-order valence-electron chi connectivity index (χ4n) is 1.89. The topological polar surface area (TPSA) is 55.3 Å². The van der Waals surface area contributed by atoms with Crippen molar-refractivity contribution in [1.82, 2.24) is 9.97 Å². The van der Waals surface area contributed by atoms with Gasteiger partial charge in [0.05, 0.1) is 18.3 Å². The van der Waals surface area contributed by atoms with Crippen LogP contribution in [0.25, 0.3) is 0 Å². The molecule has 1 aliphatic heterocycles. The van der Waals surface area contributed by atoms with Crippen LogP contribution in [0, 0.1) is 6.92 Å². The lowest BCUT2D eigenvalue weighted by Crippen LogP contribution is -2.42. The molecule has 5 nitrogen and oxygen atoms in total. The molecule has 1 atom stereocenters. The van der Waals surface area contributed by atoms with Crippen LogP contribution in [-0.4, -0.2) is 42.1 Å². The van der Waals surface area contributed by atoms with E-state index in [1.807, 2.05) is 11.8 Å². The molecule has 0 radical (unpaired) electrons. The number of aldehydes is 1. The molecule has 0 aromatic carbocycles. The van der Waals surface area contributed by atoms with Gasteiger partial charge in [-0.05, 0) is 13.8 Å². The number of rotatable bonds is 2. The zero-order chi connectivity index (χ0) is 12.4. The van der Waals surface area contributed by atoms with Gasteiger partial charge in [0, 0.05) is 13.1 Å². The Balaban J connectivity index is 2.39. The molecule has 0 amide bonds. The van der Waals surface area contributed by atoms with E-state index in [0.29, 0.717) is 43.2 Å². The van der Waals surface area contributed by atoms with E-state index in [1.54, 1.807) is 6.92 Å². The molecule has 1 fully saturated rings. The molecular formula is C11H14ClN3O2. The molecule has 0 spiro atoms. The summed E-state index contributed by atoms with van der Waals surface area (Å²) in [5.41, 5.74) is 0.353. The molecule has 0 bridgehead atoms. The Morgan fingerprint density at radius 3 is 2.94 bits per heavy atom. The molecule has 1 aliphatic rings. The van der Waals surface area contributed by atoms with Crippen molar-refractivity contribution in [1.29, 1.82) is 0 Å². The highest BCUT2D eigenvalue weighted by Gasteiger charge is 2.22. The summed E-state index contributed by atoms with van der Waals surface area (Å²) < 4.78 is 5.46. The van der Waals surface area contributed by atoms with E-state index < -0.39 is 0 Å². The number of aryl methyl sites for hydroxylation is 1. The number of anilines is 1. The van der Waals surface area contributed by atoms with E-state index in [9.17, 15) is 4.79 Å². The minimum Gasteiger partial charge on any atom is -0.375 e. The first-order valence-electron chi connectivity index (χ1n) is 5.47. The average molecular weight is 256 g/mol. The lowest BCUT2D eigenvalue weighted by Gasteiger charge is -2.32. The van der Waals surface area contributed by atoms with E-state index in [-0.39, 0.29) is 11.3 Å². The largest absolute Gasteiger partial charge is 0.375 e. The second kappa shape index (κ2) is 4.98. The Bertz CT molecular complexity index is 439. The molecular weight excluding hydrogens is 242 g/mol. The van der Waals surface area contributed by atoms with E-state index in [4.69, 9.17) is 16.3 Å². The minimum atomic E-state index is 0.122. The Hall–Kier alpha value is -1.20. The number of ether oxygens (including phenoxy) is 1. The van der Waals surface area contributed by atoms with E-state index >= 15 is 0 Å². The Morgan fingerprint density at radius 2 is 2.29 bits per heavy atom. The van der Waals surface area contributed by atoms with Crippen LogP contribution in [0.1, 0.15) is 23.1 Å². The highest BCUT2D eigenvalue weighted by Crippen LogP contribution is 2.24. The van der Waals surface area contributed by atoms with Crippen LogP contribution in [-0.2, 0) is 4.74 Å². The lowest BCUT2D eigenvalue weighted by atomic mass is 10.2.